The summed E-state index contributed by atoms with van der Waals surface area (Å²) in [5.74, 6) is -0.186. The van der Waals surface area contributed by atoms with Crippen molar-refractivity contribution in [2.75, 3.05) is 19.5 Å². The third-order valence-corrected chi connectivity index (χ3v) is 4.44. The van der Waals surface area contributed by atoms with Crippen LogP contribution in [0, 0.1) is 0 Å². The number of aromatic nitrogens is 2. The highest BCUT2D eigenvalue weighted by Gasteiger charge is 2.34. The highest BCUT2D eigenvalue weighted by molar-refractivity contribution is 7.89. The molecule has 13 heteroatoms. The average Bonchev–Trinajstić information content (AvgIpc) is 2.66. The molecule has 2 amide bonds. The van der Waals surface area contributed by atoms with E-state index in [0.717, 1.165) is 0 Å². The Hall–Kier alpha value is -3.57. The topological polar surface area (TPSA) is 159 Å². The lowest BCUT2D eigenvalue weighted by molar-refractivity contribution is 0.236. The number of ether oxygens (including phenoxy) is 2. The van der Waals surface area contributed by atoms with Crippen LogP contribution in [0.15, 0.2) is 46.5 Å². The lowest BCUT2D eigenvalue weighted by atomic mass is 10.4. The van der Waals surface area contributed by atoms with E-state index in [4.69, 9.17) is 15.0 Å². The fraction of sp³-hybridized carbons (Fsp3) is 0.154. The van der Waals surface area contributed by atoms with Gasteiger partial charge in [0.05, 0.1) is 20.3 Å². The zero-order valence-electron chi connectivity index (χ0n) is 13.6. The molecule has 0 saturated carbocycles. The van der Waals surface area contributed by atoms with Crippen LogP contribution < -0.4 is 14.8 Å². The van der Waals surface area contributed by atoms with Gasteiger partial charge in [0.25, 0.3) is 0 Å². The van der Waals surface area contributed by atoms with Crippen LogP contribution in [0.1, 0.15) is 0 Å². The second-order valence-corrected chi connectivity index (χ2v) is 6.21. The maximum atomic E-state index is 12.5. The first-order chi connectivity index (χ1) is 12.4. The van der Waals surface area contributed by atoms with E-state index < -0.39 is 16.1 Å². The van der Waals surface area contributed by atoms with Gasteiger partial charge < -0.3 is 9.47 Å². The van der Waals surface area contributed by atoms with E-state index in [1.54, 1.807) is 6.07 Å². The largest absolute Gasteiger partial charge is 0.481 e. The molecule has 1 aromatic heterocycles. The van der Waals surface area contributed by atoms with Crippen molar-refractivity contribution >= 4 is 22.0 Å². The van der Waals surface area contributed by atoms with E-state index in [2.05, 4.69) is 25.4 Å². The van der Waals surface area contributed by atoms with Gasteiger partial charge in [-0.1, -0.05) is 18.2 Å². The number of hydrogen-bond acceptors (Lipinski definition) is 8. The molecule has 26 heavy (non-hydrogen) atoms. The van der Waals surface area contributed by atoms with E-state index in [-0.39, 0.29) is 27.0 Å². The van der Waals surface area contributed by atoms with Crippen molar-refractivity contribution in [1.82, 2.24) is 14.4 Å². The quantitative estimate of drug-likeness (QED) is 0.347. The van der Waals surface area contributed by atoms with Gasteiger partial charge in [0.15, 0.2) is 0 Å². The number of azide groups is 1. The van der Waals surface area contributed by atoms with E-state index in [9.17, 15) is 13.2 Å². The van der Waals surface area contributed by atoms with Gasteiger partial charge >= 0.3 is 16.1 Å². The van der Waals surface area contributed by atoms with E-state index >= 15 is 0 Å². The first-order valence-electron chi connectivity index (χ1n) is 6.85. The third-order valence-electron chi connectivity index (χ3n) is 2.88. The highest BCUT2D eigenvalue weighted by Crippen LogP contribution is 2.20. The van der Waals surface area contributed by atoms with Crippen molar-refractivity contribution in [3.05, 3.63) is 46.8 Å². The normalized spacial score (nSPS) is 10.4. The number of nitrogens with one attached hydrogen (secondary N) is 1. The van der Waals surface area contributed by atoms with Crippen molar-refractivity contribution in [2.24, 2.45) is 5.22 Å². The second-order valence-electron chi connectivity index (χ2n) is 4.45. The SMILES string of the molecule is COc1cc(OC)nc(NC(=O)N(N=[N+]=[N-])S(=O)(=O)c2ccccc2)n1. The molecular formula is C13H13N7O5S. The number of urea groups is 1. The molecule has 12 nitrogen and oxygen atoms in total. The summed E-state index contributed by atoms with van der Waals surface area (Å²) in [6.07, 6.45) is 0. The van der Waals surface area contributed by atoms with Crippen LogP contribution in [0.4, 0.5) is 10.7 Å². The van der Waals surface area contributed by atoms with Crippen LogP contribution in [-0.4, -0.2) is 43.1 Å². The molecule has 0 aliphatic heterocycles. The molecule has 1 aromatic carbocycles. The highest BCUT2D eigenvalue weighted by atomic mass is 32.2. The number of rotatable bonds is 6. The minimum absolute atomic E-state index is 0.0440. The van der Waals surface area contributed by atoms with Gasteiger partial charge in [-0.25, -0.2) is 4.79 Å². The molecular weight excluding hydrogens is 366 g/mol. The van der Waals surface area contributed by atoms with Gasteiger partial charge in [0, 0.05) is 5.22 Å². The Bertz CT molecular complexity index is 922. The molecule has 0 aliphatic rings. The van der Waals surface area contributed by atoms with Gasteiger partial charge in [-0.3, -0.25) is 5.32 Å². The Morgan fingerprint density at radius 1 is 1.19 bits per heavy atom. The lowest BCUT2D eigenvalue weighted by Crippen LogP contribution is -2.36. The zero-order valence-corrected chi connectivity index (χ0v) is 14.4. The molecule has 0 fully saturated rings. The van der Waals surface area contributed by atoms with Gasteiger partial charge in [0.2, 0.25) is 17.7 Å². The molecule has 2 rings (SSSR count). The van der Waals surface area contributed by atoms with Gasteiger partial charge in [-0.05, 0) is 16.5 Å². The van der Waals surface area contributed by atoms with Crippen molar-refractivity contribution in [1.29, 1.82) is 0 Å². The molecule has 0 atom stereocenters. The Kier molecular flexibility index (Phi) is 5.78. The summed E-state index contributed by atoms with van der Waals surface area (Å²) < 4.78 is 34.8. The molecule has 0 bridgehead atoms. The molecule has 0 unspecified atom stereocenters. The van der Waals surface area contributed by atoms with Gasteiger partial charge in [0.1, 0.15) is 4.90 Å². The van der Waals surface area contributed by atoms with Crippen molar-refractivity contribution in [2.45, 2.75) is 4.90 Å². The van der Waals surface area contributed by atoms with Gasteiger partial charge in [-0.2, -0.15) is 23.3 Å². The van der Waals surface area contributed by atoms with Crippen LogP contribution in [0.3, 0.4) is 0 Å². The van der Waals surface area contributed by atoms with Crippen molar-refractivity contribution in [3.63, 3.8) is 0 Å². The molecule has 1 heterocycles. The summed E-state index contributed by atoms with van der Waals surface area (Å²) in [7, 11) is -1.77. The van der Waals surface area contributed by atoms with Gasteiger partial charge in [-0.15, -0.1) is 5.53 Å². The summed E-state index contributed by atoms with van der Waals surface area (Å²) in [6.45, 7) is 0. The average molecular weight is 379 g/mol. The number of hydrogen-bond donors (Lipinski definition) is 1. The predicted molar refractivity (Wildman–Crippen MR) is 88.8 cm³/mol. The summed E-state index contributed by atoms with van der Waals surface area (Å²) in [6, 6.07) is 7.04. The minimum atomic E-state index is -4.43. The van der Waals surface area contributed by atoms with Crippen LogP contribution >= 0.6 is 0 Å². The Morgan fingerprint density at radius 2 is 1.77 bits per heavy atom. The molecule has 0 spiro atoms. The maximum Gasteiger partial charge on any atom is 0.434 e. The number of amides is 2. The van der Waals surface area contributed by atoms with E-state index in [1.165, 1.54) is 44.6 Å². The summed E-state index contributed by atoms with van der Waals surface area (Å²) >= 11 is 0. The Balaban J connectivity index is 2.37. The Labute approximate surface area is 148 Å². The number of carbonyl (C=O) groups is 1. The molecule has 136 valence electrons. The van der Waals surface area contributed by atoms with Crippen LogP contribution in [0.5, 0.6) is 11.8 Å². The number of benzene rings is 1. The van der Waals surface area contributed by atoms with Crippen LogP contribution in [-0.2, 0) is 10.0 Å². The molecule has 2 aromatic rings. The smallest absolute Gasteiger partial charge is 0.434 e. The van der Waals surface area contributed by atoms with Crippen LogP contribution in [0.2, 0.25) is 0 Å². The fourth-order valence-electron chi connectivity index (χ4n) is 1.74. The minimum Gasteiger partial charge on any atom is -0.481 e. The second kappa shape index (κ2) is 8.00. The summed E-state index contributed by atoms with van der Waals surface area (Å²) in [4.78, 5) is 22.1. The number of carbonyl (C=O) groups excluding carboxylic acids is 1. The molecule has 0 saturated heterocycles. The summed E-state index contributed by atoms with van der Waals surface area (Å²) in [5.41, 5.74) is 8.63. The first kappa shape index (κ1) is 18.8. The van der Waals surface area contributed by atoms with Crippen molar-refractivity contribution < 1.29 is 22.7 Å². The maximum absolute atomic E-state index is 12.5. The number of nitrogens with zero attached hydrogens (tertiary/aromatic N) is 6. The first-order valence-corrected chi connectivity index (χ1v) is 8.30. The monoisotopic (exact) mass is 379 g/mol. The number of methoxy groups -OCH3 is 2. The lowest BCUT2D eigenvalue weighted by Gasteiger charge is -2.12. The molecule has 1 N–H and O–H groups in total. The Morgan fingerprint density at radius 3 is 2.27 bits per heavy atom. The zero-order chi connectivity index (χ0) is 19.2. The molecule has 0 radical (unpaired) electrons. The predicted octanol–water partition coefficient (Wildman–Crippen LogP) is 1.94. The standard InChI is InChI=1S/C13H13N7O5S/c1-24-10-8-11(25-2)16-12(15-10)17-13(21)20(19-18-14)26(22,23)9-6-4-3-5-7-9/h3-8H,1-2H3,(H,15,16,17,21). The number of anilines is 1. The van der Waals surface area contributed by atoms with E-state index in [0.29, 0.717) is 0 Å². The number of sulfonamides is 1. The van der Waals surface area contributed by atoms with Crippen LogP contribution in [0.25, 0.3) is 10.4 Å². The fourth-order valence-corrected chi connectivity index (χ4v) is 2.83. The van der Waals surface area contributed by atoms with E-state index in [1.807, 2.05) is 0 Å². The molecule has 0 aliphatic carbocycles. The third kappa shape index (κ3) is 4.09. The van der Waals surface area contributed by atoms with Crippen molar-refractivity contribution in [3.8, 4) is 11.8 Å². The summed E-state index contributed by atoms with van der Waals surface area (Å²) in [5, 5.41) is 5.06.